The predicted molar refractivity (Wildman–Crippen MR) is 40.8 cm³/mol. The molecule has 0 aromatic heterocycles. The molecule has 0 heterocycles. The number of hydrogen-bond donors (Lipinski definition) is 2. The SMILES string of the molecule is CC(C)(C=NO)C(C#N)C(=O)O. The fourth-order valence-corrected chi connectivity index (χ4v) is 0.763. The smallest absolute Gasteiger partial charge is 0.321 e. The molecule has 5 heteroatoms. The summed E-state index contributed by atoms with van der Waals surface area (Å²) in [5.74, 6) is -2.42. The molecule has 0 radical (unpaired) electrons. The van der Waals surface area contributed by atoms with Gasteiger partial charge in [-0.3, -0.25) is 4.79 Å². The number of carboxylic acid groups (broad SMARTS) is 1. The summed E-state index contributed by atoms with van der Waals surface area (Å²) < 4.78 is 0. The second-order valence-electron chi connectivity index (χ2n) is 2.97. The van der Waals surface area contributed by atoms with E-state index in [1.54, 1.807) is 6.07 Å². The van der Waals surface area contributed by atoms with Crippen LogP contribution in [0, 0.1) is 22.7 Å². The topological polar surface area (TPSA) is 93.7 Å². The van der Waals surface area contributed by atoms with E-state index in [1.165, 1.54) is 13.8 Å². The predicted octanol–water partition coefficient (Wildman–Crippen LogP) is 0.697. The van der Waals surface area contributed by atoms with E-state index in [4.69, 9.17) is 15.6 Å². The van der Waals surface area contributed by atoms with Gasteiger partial charge in [0, 0.05) is 5.41 Å². The molecule has 2 N–H and O–H groups in total. The van der Waals surface area contributed by atoms with E-state index in [-0.39, 0.29) is 0 Å². The highest BCUT2D eigenvalue weighted by atomic mass is 16.4. The number of hydrogen-bond acceptors (Lipinski definition) is 4. The number of oxime groups is 1. The monoisotopic (exact) mass is 170 g/mol. The van der Waals surface area contributed by atoms with Crippen molar-refractivity contribution in [1.82, 2.24) is 0 Å². The van der Waals surface area contributed by atoms with E-state index in [1.807, 2.05) is 0 Å². The molecule has 0 aromatic carbocycles. The third-order valence-corrected chi connectivity index (χ3v) is 1.51. The van der Waals surface area contributed by atoms with Crippen molar-refractivity contribution in [2.24, 2.45) is 16.5 Å². The van der Waals surface area contributed by atoms with Gasteiger partial charge >= 0.3 is 5.97 Å². The molecule has 0 aliphatic heterocycles. The minimum absolute atomic E-state index is 0.963. The van der Waals surface area contributed by atoms with Crippen molar-refractivity contribution in [3.8, 4) is 6.07 Å². The summed E-state index contributed by atoms with van der Waals surface area (Å²) in [5.41, 5.74) is -0.963. The Morgan fingerprint density at radius 3 is 2.50 bits per heavy atom. The Kier molecular flexibility index (Phi) is 3.23. The Morgan fingerprint density at radius 2 is 2.25 bits per heavy atom. The average molecular weight is 170 g/mol. The molecule has 0 aliphatic carbocycles. The van der Waals surface area contributed by atoms with Crippen LogP contribution in [-0.4, -0.2) is 22.5 Å². The second-order valence-corrected chi connectivity index (χ2v) is 2.97. The number of nitrogens with zero attached hydrogens (tertiary/aromatic N) is 2. The highest BCUT2D eigenvalue weighted by Gasteiger charge is 2.34. The Labute approximate surface area is 69.9 Å². The third kappa shape index (κ3) is 2.23. The largest absolute Gasteiger partial charge is 0.480 e. The standard InChI is InChI=1S/C7H10N2O3/c1-7(2,4-9-12)5(3-8)6(10)11/h4-5,12H,1-2H3,(H,10,11). The average Bonchev–Trinajstić information content (AvgIpc) is 1.86. The number of carbonyl (C=O) groups is 1. The number of aliphatic carboxylic acids is 1. The normalized spacial score (nSPS) is 14.1. The Balaban J connectivity index is 4.74. The lowest BCUT2D eigenvalue weighted by molar-refractivity contribution is -0.141. The molecule has 0 saturated carbocycles. The van der Waals surface area contributed by atoms with Crippen molar-refractivity contribution in [3.63, 3.8) is 0 Å². The van der Waals surface area contributed by atoms with Gasteiger partial charge in [-0.05, 0) is 0 Å². The second kappa shape index (κ2) is 3.72. The summed E-state index contributed by atoms with van der Waals surface area (Å²) in [4.78, 5) is 10.5. The van der Waals surface area contributed by atoms with Crippen LogP contribution < -0.4 is 0 Å². The highest BCUT2D eigenvalue weighted by Crippen LogP contribution is 2.23. The van der Waals surface area contributed by atoms with Crippen LogP contribution in [0.25, 0.3) is 0 Å². The Hall–Kier alpha value is -1.57. The number of nitriles is 1. The summed E-state index contributed by atoms with van der Waals surface area (Å²) in [5, 5.41) is 28.0. The first-order chi connectivity index (χ1) is 5.45. The van der Waals surface area contributed by atoms with Gasteiger partial charge in [-0.25, -0.2) is 0 Å². The van der Waals surface area contributed by atoms with Crippen molar-refractivity contribution >= 4 is 12.2 Å². The molecule has 5 nitrogen and oxygen atoms in total. The molecular weight excluding hydrogens is 160 g/mol. The van der Waals surface area contributed by atoms with Gasteiger partial charge in [0.2, 0.25) is 0 Å². The Bertz CT molecular complexity index is 240. The summed E-state index contributed by atoms with van der Waals surface area (Å²) in [6, 6.07) is 1.62. The zero-order valence-electron chi connectivity index (χ0n) is 6.85. The lowest BCUT2D eigenvalue weighted by Crippen LogP contribution is -2.31. The van der Waals surface area contributed by atoms with Gasteiger partial charge in [0.05, 0.1) is 12.3 Å². The molecule has 0 saturated heterocycles. The number of rotatable bonds is 3. The van der Waals surface area contributed by atoms with E-state index < -0.39 is 17.3 Å². The van der Waals surface area contributed by atoms with Crippen LogP contribution in [0.2, 0.25) is 0 Å². The van der Waals surface area contributed by atoms with Gasteiger partial charge < -0.3 is 10.3 Å². The molecule has 0 aliphatic rings. The van der Waals surface area contributed by atoms with Crippen LogP contribution in [0.4, 0.5) is 0 Å². The maximum absolute atomic E-state index is 10.5. The molecule has 0 bridgehead atoms. The molecule has 0 rings (SSSR count). The van der Waals surface area contributed by atoms with Gasteiger partial charge in [-0.1, -0.05) is 13.8 Å². The van der Waals surface area contributed by atoms with E-state index in [2.05, 4.69) is 5.16 Å². The van der Waals surface area contributed by atoms with E-state index in [9.17, 15) is 4.79 Å². The summed E-state index contributed by atoms with van der Waals surface area (Å²) in [6.45, 7) is 3.02. The van der Waals surface area contributed by atoms with Crippen molar-refractivity contribution < 1.29 is 15.1 Å². The molecule has 0 fully saturated rings. The molecule has 12 heavy (non-hydrogen) atoms. The lowest BCUT2D eigenvalue weighted by Gasteiger charge is -2.20. The Morgan fingerprint density at radius 1 is 1.75 bits per heavy atom. The van der Waals surface area contributed by atoms with E-state index in [0.29, 0.717) is 0 Å². The highest BCUT2D eigenvalue weighted by molar-refractivity contribution is 5.80. The zero-order chi connectivity index (χ0) is 9.78. The fourth-order valence-electron chi connectivity index (χ4n) is 0.763. The minimum atomic E-state index is -1.22. The lowest BCUT2D eigenvalue weighted by atomic mass is 9.81. The van der Waals surface area contributed by atoms with Crippen LogP contribution in [0.5, 0.6) is 0 Å². The van der Waals surface area contributed by atoms with Gasteiger partial charge in [-0.2, -0.15) is 5.26 Å². The maximum Gasteiger partial charge on any atom is 0.321 e. The molecule has 0 aromatic rings. The summed E-state index contributed by atoms with van der Waals surface area (Å²) in [7, 11) is 0. The van der Waals surface area contributed by atoms with Gasteiger partial charge in [0.1, 0.15) is 0 Å². The van der Waals surface area contributed by atoms with Crippen molar-refractivity contribution in [2.45, 2.75) is 13.8 Å². The zero-order valence-corrected chi connectivity index (χ0v) is 6.85. The quantitative estimate of drug-likeness (QED) is 0.370. The molecule has 1 atom stereocenters. The van der Waals surface area contributed by atoms with Crippen LogP contribution in [0.15, 0.2) is 5.16 Å². The van der Waals surface area contributed by atoms with Gasteiger partial charge in [0.15, 0.2) is 5.92 Å². The van der Waals surface area contributed by atoms with Crippen molar-refractivity contribution in [1.29, 1.82) is 5.26 Å². The summed E-state index contributed by atoms with van der Waals surface area (Å²) in [6.07, 6.45) is 1.04. The first-order valence-corrected chi connectivity index (χ1v) is 3.26. The molecule has 0 spiro atoms. The van der Waals surface area contributed by atoms with Gasteiger partial charge in [0.25, 0.3) is 0 Å². The van der Waals surface area contributed by atoms with Crippen molar-refractivity contribution in [3.05, 3.63) is 0 Å². The first kappa shape index (κ1) is 10.4. The van der Waals surface area contributed by atoms with E-state index >= 15 is 0 Å². The molecule has 66 valence electrons. The van der Waals surface area contributed by atoms with Crippen LogP contribution in [0.3, 0.4) is 0 Å². The van der Waals surface area contributed by atoms with Crippen LogP contribution in [-0.2, 0) is 4.79 Å². The van der Waals surface area contributed by atoms with Crippen LogP contribution in [0.1, 0.15) is 13.8 Å². The minimum Gasteiger partial charge on any atom is -0.480 e. The number of carboxylic acids is 1. The van der Waals surface area contributed by atoms with Gasteiger partial charge in [-0.15, -0.1) is 5.16 Å². The molecular formula is C7H10N2O3. The third-order valence-electron chi connectivity index (χ3n) is 1.51. The fraction of sp³-hybridized carbons (Fsp3) is 0.571. The molecule has 1 unspecified atom stereocenters. The first-order valence-electron chi connectivity index (χ1n) is 3.26. The maximum atomic E-state index is 10.5. The molecule has 0 amide bonds. The van der Waals surface area contributed by atoms with E-state index in [0.717, 1.165) is 6.21 Å². The summed E-state index contributed by atoms with van der Waals surface area (Å²) >= 11 is 0. The van der Waals surface area contributed by atoms with Crippen molar-refractivity contribution in [2.75, 3.05) is 0 Å². The van der Waals surface area contributed by atoms with Crippen LogP contribution >= 0.6 is 0 Å².